The molecule has 0 spiro atoms. The largest absolute Gasteiger partial charge is 0.496 e. The molecule has 4 rings (SSSR count). The minimum atomic E-state index is -0.977. The first-order valence-corrected chi connectivity index (χ1v) is 13.0. The van der Waals surface area contributed by atoms with Crippen molar-refractivity contribution in [2.24, 2.45) is 11.8 Å². The highest BCUT2D eigenvalue weighted by Gasteiger charge is 2.34. The second-order valence-corrected chi connectivity index (χ2v) is 9.97. The fourth-order valence-electron chi connectivity index (χ4n) is 5.43. The molecule has 10 nitrogen and oxygen atoms in total. The number of H-pyrrole nitrogens is 1. The molecule has 10 heteroatoms. The first-order valence-electron chi connectivity index (χ1n) is 13.0. The van der Waals surface area contributed by atoms with Crippen molar-refractivity contribution in [1.82, 2.24) is 20.9 Å². The van der Waals surface area contributed by atoms with Gasteiger partial charge in [0.2, 0.25) is 11.8 Å². The predicted octanol–water partition coefficient (Wildman–Crippen LogP) is 2.43. The van der Waals surface area contributed by atoms with Crippen LogP contribution in [0.1, 0.15) is 61.9 Å². The molecule has 3 amide bonds. The fourth-order valence-corrected chi connectivity index (χ4v) is 5.43. The maximum atomic E-state index is 13.5. The fraction of sp³-hybridized carbons (Fsp3) is 0.556. The summed E-state index contributed by atoms with van der Waals surface area (Å²) in [4.78, 5) is 54.4. The van der Waals surface area contributed by atoms with Gasteiger partial charge in [-0.1, -0.05) is 38.2 Å². The van der Waals surface area contributed by atoms with E-state index in [1.165, 1.54) is 13.5 Å². The van der Waals surface area contributed by atoms with Crippen LogP contribution in [0.3, 0.4) is 0 Å². The summed E-state index contributed by atoms with van der Waals surface area (Å²) in [7, 11) is 2.82. The zero-order valence-electron chi connectivity index (χ0n) is 21.4. The lowest BCUT2D eigenvalue weighted by Gasteiger charge is -2.28. The van der Waals surface area contributed by atoms with E-state index in [1.54, 1.807) is 13.2 Å². The van der Waals surface area contributed by atoms with E-state index in [2.05, 4.69) is 20.9 Å². The summed E-state index contributed by atoms with van der Waals surface area (Å²) in [6, 6.07) is 5.38. The van der Waals surface area contributed by atoms with Gasteiger partial charge in [-0.3, -0.25) is 14.4 Å². The number of carbonyl (C=O) groups excluding carboxylic acids is 4. The van der Waals surface area contributed by atoms with Gasteiger partial charge in [0.25, 0.3) is 5.91 Å². The standard InChI is InChI=1S/C27H36N4O6/c1-36-23-10-6-9-19-18(23)15-21(29-19)26(34)30-20(13-16-7-4-3-5-8-16)25(33)31-22(27(35)37-2)14-17-11-12-28-24(17)32/h6,9-10,15-17,20,22,29H,3-5,7-8,11-14H2,1-2H3,(H,28,32)(H,30,34)(H,31,33)/t17-,20?,22-/m0/s1. The Morgan fingerprint density at radius 3 is 2.49 bits per heavy atom. The maximum Gasteiger partial charge on any atom is 0.328 e. The lowest BCUT2D eigenvalue weighted by molar-refractivity contribution is -0.146. The van der Waals surface area contributed by atoms with Crippen LogP contribution in [-0.2, 0) is 19.1 Å². The molecule has 3 atom stereocenters. The van der Waals surface area contributed by atoms with Crippen molar-refractivity contribution < 1.29 is 28.7 Å². The second kappa shape index (κ2) is 12.1. The molecule has 4 N–H and O–H groups in total. The van der Waals surface area contributed by atoms with E-state index >= 15 is 0 Å². The highest BCUT2D eigenvalue weighted by Crippen LogP contribution is 2.29. The molecule has 2 heterocycles. The van der Waals surface area contributed by atoms with Gasteiger partial charge in [0.15, 0.2) is 0 Å². The molecule has 37 heavy (non-hydrogen) atoms. The molecule has 2 aliphatic rings. The van der Waals surface area contributed by atoms with Crippen molar-refractivity contribution in [3.63, 3.8) is 0 Å². The number of fused-ring (bicyclic) bond motifs is 1. The van der Waals surface area contributed by atoms with Gasteiger partial charge in [-0.25, -0.2) is 4.79 Å². The van der Waals surface area contributed by atoms with Gasteiger partial charge in [0.05, 0.1) is 14.2 Å². The summed E-state index contributed by atoms with van der Waals surface area (Å²) in [5, 5.41) is 9.18. The molecular weight excluding hydrogens is 476 g/mol. The highest BCUT2D eigenvalue weighted by molar-refractivity contribution is 6.01. The van der Waals surface area contributed by atoms with Gasteiger partial charge < -0.3 is 30.4 Å². The normalized spacial score (nSPS) is 19.6. The molecule has 1 aromatic carbocycles. The number of benzene rings is 1. The number of aromatic nitrogens is 1. The van der Waals surface area contributed by atoms with Gasteiger partial charge >= 0.3 is 5.97 Å². The molecule has 1 unspecified atom stereocenters. The van der Waals surface area contributed by atoms with Crippen LogP contribution >= 0.6 is 0 Å². The first-order chi connectivity index (χ1) is 17.9. The summed E-state index contributed by atoms with van der Waals surface area (Å²) < 4.78 is 10.3. The Hall–Kier alpha value is -3.56. The lowest BCUT2D eigenvalue weighted by Crippen LogP contribution is -2.53. The number of hydrogen-bond donors (Lipinski definition) is 4. The van der Waals surface area contributed by atoms with Crippen LogP contribution in [0.4, 0.5) is 0 Å². The van der Waals surface area contributed by atoms with Crippen LogP contribution in [0.2, 0.25) is 0 Å². The Morgan fingerprint density at radius 1 is 1.03 bits per heavy atom. The summed E-state index contributed by atoms with van der Waals surface area (Å²) in [6.07, 6.45) is 6.55. The number of rotatable bonds is 10. The van der Waals surface area contributed by atoms with Gasteiger partial charge in [-0.05, 0) is 43.4 Å². The molecule has 0 bridgehead atoms. The minimum absolute atomic E-state index is 0.135. The number of nitrogens with one attached hydrogen (secondary N) is 4. The van der Waals surface area contributed by atoms with Crippen LogP contribution in [0.25, 0.3) is 10.9 Å². The van der Waals surface area contributed by atoms with Gasteiger partial charge in [-0.15, -0.1) is 0 Å². The zero-order valence-corrected chi connectivity index (χ0v) is 21.4. The van der Waals surface area contributed by atoms with Crippen molar-refractivity contribution in [2.45, 2.75) is 63.5 Å². The van der Waals surface area contributed by atoms with E-state index in [1.807, 2.05) is 18.2 Å². The van der Waals surface area contributed by atoms with E-state index in [4.69, 9.17) is 9.47 Å². The summed E-state index contributed by atoms with van der Waals surface area (Å²) >= 11 is 0. The van der Waals surface area contributed by atoms with Crippen molar-refractivity contribution in [1.29, 1.82) is 0 Å². The number of hydrogen-bond acceptors (Lipinski definition) is 6. The summed E-state index contributed by atoms with van der Waals surface area (Å²) in [5.74, 6) is -1.06. The molecule has 200 valence electrons. The van der Waals surface area contributed by atoms with Gasteiger partial charge in [0, 0.05) is 23.4 Å². The maximum absolute atomic E-state index is 13.5. The molecule has 1 saturated carbocycles. The number of carbonyl (C=O) groups is 4. The average molecular weight is 513 g/mol. The molecule has 1 aliphatic heterocycles. The smallest absolute Gasteiger partial charge is 0.328 e. The number of esters is 1. The molecule has 2 aromatic rings. The summed E-state index contributed by atoms with van der Waals surface area (Å²) in [6.45, 7) is 0.543. The number of methoxy groups -OCH3 is 2. The van der Waals surface area contributed by atoms with Gasteiger partial charge in [0.1, 0.15) is 23.5 Å². The van der Waals surface area contributed by atoms with Crippen molar-refractivity contribution >= 4 is 34.6 Å². The third-order valence-corrected chi connectivity index (χ3v) is 7.49. The Balaban J connectivity index is 1.51. The second-order valence-electron chi connectivity index (χ2n) is 9.97. The van der Waals surface area contributed by atoms with Crippen molar-refractivity contribution in [3.05, 3.63) is 30.0 Å². The van der Waals surface area contributed by atoms with Gasteiger partial charge in [-0.2, -0.15) is 0 Å². The van der Waals surface area contributed by atoms with E-state index in [0.717, 1.165) is 36.6 Å². The molecule has 0 radical (unpaired) electrons. The lowest BCUT2D eigenvalue weighted by atomic mass is 9.84. The molecule has 1 aromatic heterocycles. The third-order valence-electron chi connectivity index (χ3n) is 7.49. The molecular formula is C27H36N4O6. The Labute approximate surface area is 216 Å². The molecule has 2 fully saturated rings. The molecule has 1 saturated heterocycles. The molecule has 1 aliphatic carbocycles. The van der Waals surface area contributed by atoms with Crippen LogP contribution in [0, 0.1) is 11.8 Å². The van der Waals surface area contributed by atoms with Crippen molar-refractivity contribution in [3.8, 4) is 5.75 Å². The minimum Gasteiger partial charge on any atom is -0.496 e. The Bertz CT molecular complexity index is 1140. The first kappa shape index (κ1) is 26.5. The zero-order chi connectivity index (χ0) is 26.4. The number of aromatic amines is 1. The monoisotopic (exact) mass is 512 g/mol. The van der Waals surface area contributed by atoms with E-state index in [9.17, 15) is 19.2 Å². The van der Waals surface area contributed by atoms with Crippen LogP contribution in [0.5, 0.6) is 5.75 Å². The van der Waals surface area contributed by atoms with E-state index < -0.39 is 29.9 Å². The number of amides is 3. The topological polar surface area (TPSA) is 139 Å². The Morgan fingerprint density at radius 2 is 1.81 bits per heavy atom. The Kier molecular flexibility index (Phi) is 8.68. The van der Waals surface area contributed by atoms with Crippen LogP contribution in [-0.4, -0.2) is 61.5 Å². The highest BCUT2D eigenvalue weighted by atomic mass is 16.5. The van der Waals surface area contributed by atoms with E-state index in [0.29, 0.717) is 36.7 Å². The number of ether oxygens (including phenoxy) is 2. The van der Waals surface area contributed by atoms with E-state index in [-0.39, 0.29) is 18.2 Å². The average Bonchev–Trinajstić information content (AvgIpc) is 3.53. The SMILES string of the molecule is COC(=O)[C@H](C[C@@H]1CCNC1=O)NC(=O)C(CC1CCCCC1)NC(=O)c1cc2c(OC)cccc2[nH]1. The summed E-state index contributed by atoms with van der Waals surface area (Å²) in [5.41, 5.74) is 1.06. The predicted molar refractivity (Wildman–Crippen MR) is 137 cm³/mol. The third kappa shape index (κ3) is 6.42. The van der Waals surface area contributed by atoms with Crippen molar-refractivity contribution in [2.75, 3.05) is 20.8 Å². The van der Waals surface area contributed by atoms with Crippen LogP contribution in [0.15, 0.2) is 24.3 Å². The van der Waals surface area contributed by atoms with Crippen LogP contribution < -0.4 is 20.7 Å². The quantitative estimate of drug-likeness (QED) is 0.361.